The van der Waals surface area contributed by atoms with E-state index in [-0.39, 0.29) is 5.56 Å². The van der Waals surface area contributed by atoms with Crippen molar-refractivity contribution in [1.29, 1.82) is 0 Å². The molecule has 116 valence electrons. The number of nitrogens with one attached hydrogen (secondary N) is 1. The second kappa shape index (κ2) is 6.34. The summed E-state index contributed by atoms with van der Waals surface area (Å²) in [5.74, 6) is 0.595. The lowest BCUT2D eigenvalue weighted by molar-refractivity contribution is 1.16. The van der Waals surface area contributed by atoms with Crippen LogP contribution in [0.2, 0.25) is 0 Å². The molecule has 3 nitrogen and oxygen atoms in total. The summed E-state index contributed by atoms with van der Waals surface area (Å²) in [5, 5.41) is 0.606. The predicted octanol–water partition coefficient (Wildman–Crippen LogP) is 4.74. The summed E-state index contributed by atoms with van der Waals surface area (Å²) in [7, 11) is 0. The topological polar surface area (TPSA) is 45.8 Å². The minimum absolute atomic E-state index is 0.116. The van der Waals surface area contributed by atoms with Gasteiger partial charge in [0.1, 0.15) is 5.82 Å². The minimum Gasteiger partial charge on any atom is -0.306 e. The molecular formula is C20H14N2OS. The van der Waals surface area contributed by atoms with Crippen LogP contribution in [-0.2, 0) is 0 Å². The molecule has 0 fully saturated rings. The third-order valence-electron chi connectivity index (χ3n) is 3.73. The van der Waals surface area contributed by atoms with E-state index >= 15 is 0 Å². The maximum Gasteiger partial charge on any atom is 0.259 e. The van der Waals surface area contributed by atoms with Gasteiger partial charge in [0.15, 0.2) is 0 Å². The lowest BCUT2D eigenvalue weighted by Crippen LogP contribution is -2.09. The molecule has 0 spiro atoms. The first-order valence-corrected chi connectivity index (χ1v) is 8.44. The third kappa shape index (κ3) is 2.84. The number of hydrogen-bond donors (Lipinski definition) is 1. The number of nitrogens with zero attached hydrogens (tertiary/aromatic N) is 1. The lowest BCUT2D eigenvalue weighted by Gasteiger charge is -2.09. The van der Waals surface area contributed by atoms with Gasteiger partial charge >= 0.3 is 0 Å². The molecule has 0 saturated heterocycles. The van der Waals surface area contributed by atoms with Crippen LogP contribution in [0, 0.1) is 0 Å². The second-order valence-electron chi connectivity index (χ2n) is 5.34. The Morgan fingerprint density at radius 3 is 2.38 bits per heavy atom. The highest BCUT2D eigenvalue weighted by molar-refractivity contribution is 7.99. The van der Waals surface area contributed by atoms with Crippen molar-refractivity contribution in [3.05, 3.63) is 89.2 Å². The summed E-state index contributed by atoms with van der Waals surface area (Å²) >= 11 is 1.66. The summed E-state index contributed by atoms with van der Waals surface area (Å²) in [6, 6.07) is 25.5. The number of aromatic nitrogens is 2. The Kier molecular flexibility index (Phi) is 3.89. The Bertz CT molecular complexity index is 1060. The largest absolute Gasteiger partial charge is 0.306 e. The third-order valence-corrected chi connectivity index (χ3v) is 4.81. The number of para-hydroxylation sites is 1. The van der Waals surface area contributed by atoms with Crippen molar-refractivity contribution >= 4 is 22.7 Å². The summed E-state index contributed by atoms with van der Waals surface area (Å²) in [6.45, 7) is 0. The second-order valence-corrected chi connectivity index (χ2v) is 6.46. The van der Waals surface area contributed by atoms with Crippen LogP contribution in [0.25, 0.3) is 22.3 Å². The highest BCUT2D eigenvalue weighted by Gasteiger charge is 2.10. The molecule has 0 aliphatic heterocycles. The minimum atomic E-state index is -0.116. The Morgan fingerprint density at radius 1 is 0.792 bits per heavy atom. The molecule has 0 atom stereocenters. The van der Waals surface area contributed by atoms with Crippen molar-refractivity contribution in [3.63, 3.8) is 0 Å². The molecule has 0 aliphatic rings. The van der Waals surface area contributed by atoms with E-state index in [0.29, 0.717) is 16.7 Å². The quantitative estimate of drug-likeness (QED) is 0.590. The zero-order valence-corrected chi connectivity index (χ0v) is 13.6. The average molecular weight is 330 g/mol. The van der Waals surface area contributed by atoms with E-state index in [1.165, 1.54) is 0 Å². The van der Waals surface area contributed by atoms with Gasteiger partial charge in [0.25, 0.3) is 5.56 Å². The highest BCUT2D eigenvalue weighted by atomic mass is 32.2. The van der Waals surface area contributed by atoms with Gasteiger partial charge in [0.2, 0.25) is 0 Å². The Hall–Kier alpha value is -2.85. The number of benzene rings is 3. The normalized spacial score (nSPS) is 10.8. The highest BCUT2D eigenvalue weighted by Crippen LogP contribution is 2.34. The number of fused-ring (bicyclic) bond motifs is 1. The molecule has 0 aliphatic carbocycles. The van der Waals surface area contributed by atoms with Gasteiger partial charge in [-0.1, -0.05) is 60.3 Å². The van der Waals surface area contributed by atoms with Crippen molar-refractivity contribution < 1.29 is 0 Å². The van der Waals surface area contributed by atoms with Gasteiger partial charge in [0, 0.05) is 15.4 Å². The molecule has 24 heavy (non-hydrogen) atoms. The molecule has 1 heterocycles. The summed E-state index contributed by atoms with van der Waals surface area (Å²) in [5.41, 5.74) is 1.51. The van der Waals surface area contributed by atoms with Crippen LogP contribution in [0.5, 0.6) is 0 Å². The van der Waals surface area contributed by atoms with Gasteiger partial charge in [-0.3, -0.25) is 4.79 Å². The Labute approximate surface area is 143 Å². The molecule has 4 rings (SSSR count). The number of H-pyrrole nitrogens is 1. The van der Waals surface area contributed by atoms with Crippen LogP contribution in [0.15, 0.2) is 93.4 Å². The first-order chi connectivity index (χ1) is 11.8. The fourth-order valence-corrected chi connectivity index (χ4v) is 3.55. The van der Waals surface area contributed by atoms with Crippen molar-refractivity contribution in [2.75, 3.05) is 0 Å². The van der Waals surface area contributed by atoms with Gasteiger partial charge in [0.05, 0.1) is 10.9 Å². The van der Waals surface area contributed by atoms with Crippen molar-refractivity contribution in [2.45, 2.75) is 9.79 Å². The molecule has 0 bridgehead atoms. The van der Waals surface area contributed by atoms with Crippen LogP contribution < -0.4 is 5.56 Å². The number of hydrogen-bond acceptors (Lipinski definition) is 3. The first kappa shape index (κ1) is 14.7. The molecule has 4 aromatic rings. The van der Waals surface area contributed by atoms with E-state index in [0.717, 1.165) is 15.4 Å². The van der Waals surface area contributed by atoms with E-state index in [1.807, 2.05) is 60.7 Å². The van der Waals surface area contributed by atoms with Crippen LogP contribution >= 0.6 is 11.8 Å². The molecule has 0 saturated carbocycles. The SMILES string of the molecule is O=c1[nH]c(-c2ccccc2Sc2ccccc2)nc2ccccc12. The van der Waals surface area contributed by atoms with Gasteiger partial charge in [-0.05, 0) is 30.3 Å². The van der Waals surface area contributed by atoms with Gasteiger partial charge in [-0.25, -0.2) is 4.98 Å². The van der Waals surface area contributed by atoms with E-state index in [4.69, 9.17) is 0 Å². The van der Waals surface area contributed by atoms with Gasteiger partial charge < -0.3 is 4.98 Å². The zero-order chi connectivity index (χ0) is 16.4. The average Bonchev–Trinajstić information content (AvgIpc) is 2.63. The number of aromatic amines is 1. The van der Waals surface area contributed by atoms with E-state index < -0.39 is 0 Å². The Morgan fingerprint density at radius 2 is 1.50 bits per heavy atom. The lowest BCUT2D eigenvalue weighted by atomic mass is 10.2. The molecule has 1 N–H and O–H groups in total. The zero-order valence-electron chi connectivity index (χ0n) is 12.8. The standard InChI is InChI=1S/C20H14N2OS/c23-20-15-10-4-6-12-17(15)21-19(22-20)16-11-5-7-13-18(16)24-14-8-2-1-3-9-14/h1-13H,(H,21,22,23). The maximum atomic E-state index is 12.3. The molecule has 4 heteroatoms. The molecule has 0 amide bonds. The smallest absolute Gasteiger partial charge is 0.259 e. The molecule has 3 aromatic carbocycles. The molecule has 0 radical (unpaired) electrons. The molecule has 0 unspecified atom stereocenters. The number of rotatable bonds is 3. The van der Waals surface area contributed by atoms with Crippen LogP contribution in [-0.4, -0.2) is 9.97 Å². The fourth-order valence-electron chi connectivity index (χ4n) is 2.58. The summed E-state index contributed by atoms with van der Waals surface area (Å²) < 4.78 is 0. The van der Waals surface area contributed by atoms with Crippen molar-refractivity contribution in [3.8, 4) is 11.4 Å². The van der Waals surface area contributed by atoms with Crippen LogP contribution in [0.1, 0.15) is 0 Å². The summed E-state index contributed by atoms with van der Waals surface area (Å²) in [4.78, 5) is 22.1. The monoisotopic (exact) mass is 330 g/mol. The maximum absolute atomic E-state index is 12.3. The van der Waals surface area contributed by atoms with E-state index in [2.05, 4.69) is 22.1 Å². The van der Waals surface area contributed by atoms with E-state index in [9.17, 15) is 4.79 Å². The first-order valence-electron chi connectivity index (χ1n) is 7.62. The van der Waals surface area contributed by atoms with E-state index in [1.54, 1.807) is 17.8 Å². The van der Waals surface area contributed by atoms with Gasteiger partial charge in [-0.2, -0.15) is 0 Å². The fraction of sp³-hybridized carbons (Fsp3) is 0. The molecule has 1 aromatic heterocycles. The Balaban J connectivity index is 1.84. The van der Waals surface area contributed by atoms with Crippen molar-refractivity contribution in [1.82, 2.24) is 9.97 Å². The van der Waals surface area contributed by atoms with Crippen LogP contribution in [0.4, 0.5) is 0 Å². The van der Waals surface area contributed by atoms with Crippen LogP contribution in [0.3, 0.4) is 0 Å². The van der Waals surface area contributed by atoms with Crippen molar-refractivity contribution in [2.24, 2.45) is 0 Å². The van der Waals surface area contributed by atoms with Gasteiger partial charge in [-0.15, -0.1) is 0 Å². The molecular weight excluding hydrogens is 316 g/mol. The summed E-state index contributed by atoms with van der Waals surface area (Å²) in [6.07, 6.45) is 0. The predicted molar refractivity (Wildman–Crippen MR) is 98.4 cm³/mol.